The second-order valence-electron chi connectivity index (χ2n) is 10.0. The maximum atomic E-state index is 8.35. The number of aliphatic hydroxyl groups is 1. The van der Waals surface area contributed by atoms with E-state index >= 15 is 0 Å². The molecule has 0 amide bonds. The number of hydrogen-bond acceptors (Lipinski definition) is 5. The fraction of sp³-hybridized carbons (Fsp3) is 0.0513. The van der Waals surface area contributed by atoms with Gasteiger partial charge in [-0.1, -0.05) is 140 Å². The lowest BCUT2D eigenvalue weighted by molar-refractivity contribution is 0.435. The van der Waals surface area contributed by atoms with Crippen LogP contribution in [0.4, 0.5) is 11.4 Å². The minimum atomic E-state index is -0.0479. The molecule has 5 aromatic rings. The van der Waals surface area contributed by atoms with Crippen LogP contribution in [0.2, 0.25) is 0 Å². The van der Waals surface area contributed by atoms with Crippen LogP contribution >= 0.6 is 11.8 Å². The summed E-state index contributed by atoms with van der Waals surface area (Å²) in [6, 6.07) is 40.8. The van der Waals surface area contributed by atoms with Gasteiger partial charge in [-0.2, -0.15) is 0 Å². The van der Waals surface area contributed by atoms with E-state index in [0.29, 0.717) is 0 Å². The molecule has 2 heterocycles. The zero-order valence-electron chi connectivity index (χ0n) is 24.5. The Balaban J connectivity index is 0.000000379. The number of nitrogens with one attached hydrogen (secondary N) is 2. The van der Waals surface area contributed by atoms with Crippen molar-refractivity contribution in [3.05, 3.63) is 188 Å². The van der Waals surface area contributed by atoms with Crippen LogP contribution in [0.1, 0.15) is 33.7 Å². The summed E-state index contributed by atoms with van der Waals surface area (Å²) in [7, 11) is 0. The number of anilines is 2. The van der Waals surface area contributed by atoms with Gasteiger partial charge in [-0.15, -0.1) is 13.2 Å². The van der Waals surface area contributed by atoms with Crippen molar-refractivity contribution in [3.8, 4) is 0 Å². The van der Waals surface area contributed by atoms with Gasteiger partial charge in [0.1, 0.15) is 23.0 Å². The van der Waals surface area contributed by atoms with Gasteiger partial charge in [-0.3, -0.25) is 4.99 Å². The Morgan fingerprint density at radius 1 is 0.795 bits per heavy atom. The average molecular weight is 594 g/mol. The normalized spacial score (nSPS) is 16.0. The zero-order chi connectivity index (χ0) is 30.9. The third-order valence-electron chi connectivity index (χ3n) is 7.20. The Bertz CT molecular complexity index is 1800. The molecular weight excluding hydrogens is 559 g/mol. The topological polar surface area (TPSA) is 56.7 Å². The standard InChI is InChI=1S/C31H23N3S.C6H8O.C2H4/c1-2-9-21(10-3-1)28-25-19-18-20-8-4-5-11-24(20)29(25)34-30(33-28)22-14-16-23(17-15-22)31-32-26-12-6-7-13-27(26)35-31;1-3-4-5-6(2)7;1-2/h1-19,28,31-32H,(H,33,34);3-5,7H,1-2H2;1-2H2/b;5-4-;. The summed E-state index contributed by atoms with van der Waals surface area (Å²) >= 11 is 1.86. The van der Waals surface area contributed by atoms with Crippen molar-refractivity contribution in [2.45, 2.75) is 16.3 Å². The van der Waals surface area contributed by atoms with Gasteiger partial charge in [0.15, 0.2) is 0 Å². The fourth-order valence-electron chi connectivity index (χ4n) is 5.17. The minimum Gasteiger partial charge on any atom is -0.509 e. The zero-order valence-corrected chi connectivity index (χ0v) is 25.3. The van der Waals surface area contributed by atoms with Crippen LogP contribution in [0.3, 0.4) is 0 Å². The van der Waals surface area contributed by atoms with E-state index in [2.05, 4.69) is 152 Å². The molecule has 0 aliphatic carbocycles. The Morgan fingerprint density at radius 3 is 2.20 bits per heavy atom. The molecule has 3 N–H and O–H groups in total. The number of aliphatic imine (C=N–C) groups is 1. The highest BCUT2D eigenvalue weighted by Gasteiger charge is 2.26. The first-order valence-corrected chi connectivity index (χ1v) is 15.2. The number of allylic oxidation sites excluding steroid dienone is 3. The molecule has 0 spiro atoms. The molecule has 5 heteroatoms. The predicted molar refractivity (Wildman–Crippen MR) is 190 cm³/mol. The summed E-state index contributed by atoms with van der Waals surface area (Å²) in [4.78, 5) is 6.51. The molecule has 0 saturated carbocycles. The molecule has 2 aliphatic heterocycles. The number of benzene rings is 5. The molecule has 0 bridgehead atoms. The Morgan fingerprint density at radius 2 is 1.50 bits per heavy atom. The lowest BCUT2D eigenvalue weighted by Gasteiger charge is -2.27. The molecule has 44 heavy (non-hydrogen) atoms. The molecule has 0 saturated heterocycles. The lowest BCUT2D eigenvalue weighted by atomic mass is 9.92. The molecule has 5 aromatic carbocycles. The quantitative estimate of drug-likeness (QED) is 0.108. The maximum absolute atomic E-state index is 8.35. The van der Waals surface area contributed by atoms with E-state index in [1.54, 1.807) is 12.2 Å². The average Bonchev–Trinajstić information content (AvgIpc) is 3.53. The first-order chi connectivity index (χ1) is 21.6. The van der Waals surface area contributed by atoms with Crippen LogP contribution < -0.4 is 10.6 Å². The molecule has 2 atom stereocenters. The smallest absolute Gasteiger partial charge is 0.133 e. The summed E-state index contributed by atoms with van der Waals surface area (Å²) < 4.78 is 0. The number of nitrogens with zero attached hydrogens (tertiary/aromatic N) is 1. The van der Waals surface area contributed by atoms with Crippen LogP contribution in [0, 0.1) is 0 Å². The lowest BCUT2D eigenvalue weighted by Crippen LogP contribution is -2.22. The first kappa shape index (κ1) is 30.2. The number of aliphatic hydroxyl groups excluding tert-OH is 1. The Hall–Kier alpha value is -5.26. The van der Waals surface area contributed by atoms with Crippen molar-refractivity contribution in [2.24, 2.45) is 4.99 Å². The van der Waals surface area contributed by atoms with E-state index < -0.39 is 0 Å². The van der Waals surface area contributed by atoms with Gasteiger partial charge in [0, 0.05) is 27.1 Å². The van der Waals surface area contributed by atoms with Crippen LogP contribution in [0.5, 0.6) is 0 Å². The summed E-state index contributed by atoms with van der Waals surface area (Å²) in [5.74, 6) is 0.962. The van der Waals surface area contributed by atoms with Crippen LogP contribution in [0.15, 0.2) is 175 Å². The van der Waals surface area contributed by atoms with Gasteiger partial charge >= 0.3 is 0 Å². The predicted octanol–water partition coefficient (Wildman–Crippen LogP) is 10.6. The summed E-state index contributed by atoms with van der Waals surface area (Å²) in [6.45, 7) is 12.6. The van der Waals surface area contributed by atoms with Crippen LogP contribution in [0.25, 0.3) is 10.8 Å². The van der Waals surface area contributed by atoms with Crippen molar-refractivity contribution < 1.29 is 5.11 Å². The van der Waals surface area contributed by atoms with Gasteiger partial charge in [0.05, 0.1) is 5.69 Å². The molecule has 0 fully saturated rings. The van der Waals surface area contributed by atoms with Crippen molar-refractivity contribution in [1.82, 2.24) is 0 Å². The molecule has 0 radical (unpaired) electrons. The number of para-hydroxylation sites is 1. The molecule has 4 nitrogen and oxygen atoms in total. The van der Waals surface area contributed by atoms with E-state index in [0.717, 1.165) is 17.1 Å². The highest BCUT2D eigenvalue weighted by molar-refractivity contribution is 8.00. The van der Waals surface area contributed by atoms with Gasteiger partial charge in [-0.25, -0.2) is 0 Å². The van der Waals surface area contributed by atoms with Crippen molar-refractivity contribution in [3.63, 3.8) is 0 Å². The van der Waals surface area contributed by atoms with Gasteiger partial charge in [-0.05, 0) is 34.7 Å². The number of rotatable bonds is 5. The molecule has 2 aliphatic rings. The van der Waals surface area contributed by atoms with Gasteiger partial charge in [0.25, 0.3) is 0 Å². The van der Waals surface area contributed by atoms with E-state index in [1.807, 2.05) is 11.8 Å². The van der Waals surface area contributed by atoms with E-state index in [9.17, 15) is 0 Å². The van der Waals surface area contributed by atoms with Crippen molar-refractivity contribution >= 4 is 39.7 Å². The highest BCUT2D eigenvalue weighted by atomic mass is 32.2. The van der Waals surface area contributed by atoms with Crippen LogP contribution in [-0.4, -0.2) is 10.9 Å². The molecule has 0 aromatic heterocycles. The Kier molecular flexibility index (Phi) is 9.80. The van der Waals surface area contributed by atoms with Crippen molar-refractivity contribution in [2.75, 3.05) is 10.6 Å². The molecule has 218 valence electrons. The number of amidine groups is 1. The van der Waals surface area contributed by atoms with Gasteiger partial charge < -0.3 is 15.7 Å². The number of fused-ring (bicyclic) bond motifs is 4. The van der Waals surface area contributed by atoms with E-state index in [1.165, 1.54) is 44.1 Å². The molecular formula is C39H35N3OS. The van der Waals surface area contributed by atoms with Gasteiger partial charge in [0.2, 0.25) is 0 Å². The molecule has 7 rings (SSSR count). The highest BCUT2D eigenvalue weighted by Crippen LogP contribution is 2.46. The number of thioether (sulfide) groups is 1. The van der Waals surface area contributed by atoms with E-state index in [-0.39, 0.29) is 17.2 Å². The monoisotopic (exact) mass is 593 g/mol. The second-order valence-corrected chi connectivity index (χ2v) is 11.2. The second kappa shape index (κ2) is 14.3. The summed E-state index contributed by atoms with van der Waals surface area (Å²) in [5.41, 5.74) is 7.11. The summed E-state index contributed by atoms with van der Waals surface area (Å²) in [6.07, 6.45) is 4.65. The SMILES string of the molecule is C=C.C=C/C=C\C(=C)O.c1ccc(C2N=C(c3ccc(C4Nc5ccccc5S4)cc3)Nc3c2ccc2ccccc32)cc1. The third-order valence-corrected chi connectivity index (χ3v) is 8.44. The third kappa shape index (κ3) is 6.69. The Labute approximate surface area is 263 Å². The maximum Gasteiger partial charge on any atom is 0.133 e. The molecule has 2 unspecified atom stereocenters. The minimum absolute atomic E-state index is 0.0479. The first-order valence-electron chi connectivity index (χ1n) is 14.3. The fourth-order valence-corrected chi connectivity index (χ4v) is 6.32. The van der Waals surface area contributed by atoms with Crippen molar-refractivity contribution in [1.29, 1.82) is 0 Å². The summed E-state index contributed by atoms with van der Waals surface area (Å²) in [5, 5.41) is 18.3. The largest absolute Gasteiger partial charge is 0.509 e. The van der Waals surface area contributed by atoms with Crippen LogP contribution in [-0.2, 0) is 0 Å². The van der Waals surface area contributed by atoms with E-state index in [4.69, 9.17) is 10.1 Å². The number of hydrogen-bond donors (Lipinski definition) is 3.